The highest BCUT2D eigenvalue weighted by Crippen LogP contribution is 2.28. The van der Waals surface area contributed by atoms with Gasteiger partial charge in [-0.2, -0.15) is 0 Å². The summed E-state index contributed by atoms with van der Waals surface area (Å²) in [5.74, 6) is 1.38. The van der Waals surface area contributed by atoms with Crippen molar-refractivity contribution in [2.45, 2.75) is 51.6 Å². The lowest BCUT2D eigenvalue weighted by Gasteiger charge is -2.13. The van der Waals surface area contributed by atoms with Crippen LogP contribution >= 0.6 is 11.8 Å². The molecule has 0 fully saturated rings. The van der Waals surface area contributed by atoms with Crippen LogP contribution in [-0.4, -0.2) is 14.8 Å². The largest absolute Gasteiger partial charge is 0.368 e. The molecular formula is C15H22N4S. The number of nitrogen functional groups attached to an aromatic ring is 1. The molecule has 0 radical (unpaired) electrons. The van der Waals surface area contributed by atoms with Gasteiger partial charge in [-0.1, -0.05) is 29.5 Å². The van der Waals surface area contributed by atoms with Crippen LogP contribution in [0, 0.1) is 20.8 Å². The van der Waals surface area contributed by atoms with E-state index in [1.807, 2.05) is 4.57 Å². The fourth-order valence-electron chi connectivity index (χ4n) is 2.45. The zero-order valence-electron chi connectivity index (χ0n) is 12.8. The molecule has 0 amide bonds. The predicted octanol–water partition coefficient (Wildman–Crippen LogP) is 3.66. The molecule has 0 spiro atoms. The minimum Gasteiger partial charge on any atom is -0.368 e. The topological polar surface area (TPSA) is 56.7 Å². The number of aromatic nitrogens is 3. The van der Waals surface area contributed by atoms with E-state index in [0.717, 1.165) is 10.9 Å². The molecule has 1 aromatic heterocycles. The summed E-state index contributed by atoms with van der Waals surface area (Å²) in [5, 5.41) is 9.04. The van der Waals surface area contributed by atoms with Gasteiger partial charge in [0.15, 0.2) is 5.16 Å². The number of hydrogen-bond donors (Lipinski definition) is 1. The van der Waals surface area contributed by atoms with Gasteiger partial charge in [0.2, 0.25) is 5.95 Å². The van der Waals surface area contributed by atoms with Gasteiger partial charge in [0, 0.05) is 11.8 Å². The highest BCUT2D eigenvalue weighted by molar-refractivity contribution is 7.98. The number of anilines is 1. The zero-order valence-corrected chi connectivity index (χ0v) is 13.6. The SMILES string of the molecule is Cc1cc(C)c(CSc2nnc(N)n2C(C)C)c(C)c1. The maximum absolute atomic E-state index is 5.87. The van der Waals surface area contributed by atoms with E-state index in [-0.39, 0.29) is 6.04 Å². The van der Waals surface area contributed by atoms with Crippen molar-refractivity contribution in [1.82, 2.24) is 14.8 Å². The first-order chi connectivity index (χ1) is 9.40. The molecule has 20 heavy (non-hydrogen) atoms. The predicted molar refractivity (Wildman–Crippen MR) is 85.0 cm³/mol. The molecule has 5 heteroatoms. The molecule has 0 saturated carbocycles. The molecule has 2 aromatic rings. The Labute approximate surface area is 124 Å². The van der Waals surface area contributed by atoms with Gasteiger partial charge in [-0.3, -0.25) is 4.57 Å². The number of nitrogens with two attached hydrogens (primary N) is 1. The maximum Gasteiger partial charge on any atom is 0.222 e. The van der Waals surface area contributed by atoms with Gasteiger partial charge in [0.25, 0.3) is 0 Å². The Hall–Kier alpha value is -1.49. The Morgan fingerprint density at radius 3 is 2.30 bits per heavy atom. The van der Waals surface area contributed by atoms with Crippen LogP contribution in [0.4, 0.5) is 5.95 Å². The van der Waals surface area contributed by atoms with Gasteiger partial charge in [-0.15, -0.1) is 10.2 Å². The van der Waals surface area contributed by atoms with Crippen molar-refractivity contribution in [3.05, 3.63) is 34.4 Å². The van der Waals surface area contributed by atoms with E-state index in [1.165, 1.54) is 22.3 Å². The average Bonchev–Trinajstić information content (AvgIpc) is 2.69. The van der Waals surface area contributed by atoms with Crippen molar-refractivity contribution in [2.24, 2.45) is 0 Å². The van der Waals surface area contributed by atoms with Crippen LogP contribution in [0.1, 0.15) is 42.1 Å². The van der Waals surface area contributed by atoms with Gasteiger partial charge >= 0.3 is 0 Å². The molecule has 0 aliphatic carbocycles. The third-order valence-electron chi connectivity index (χ3n) is 3.39. The minimum absolute atomic E-state index is 0.271. The van der Waals surface area contributed by atoms with Crippen LogP contribution in [0.2, 0.25) is 0 Å². The number of nitrogens with zero attached hydrogens (tertiary/aromatic N) is 3. The van der Waals surface area contributed by atoms with E-state index in [4.69, 9.17) is 5.73 Å². The number of hydrogen-bond acceptors (Lipinski definition) is 4. The fraction of sp³-hybridized carbons (Fsp3) is 0.467. The lowest BCUT2D eigenvalue weighted by atomic mass is 10.0. The van der Waals surface area contributed by atoms with Crippen molar-refractivity contribution in [3.63, 3.8) is 0 Å². The molecule has 0 bridgehead atoms. The number of rotatable bonds is 4. The van der Waals surface area contributed by atoms with E-state index in [0.29, 0.717) is 5.95 Å². The molecule has 0 atom stereocenters. The molecule has 2 N–H and O–H groups in total. The minimum atomic E-state index is 0.271. The highest BCUT2D eigenvalue weighted by atomic mass is 32.2. The molecule has 1 aromatic carbocycles. The molecule has 0 aliphatic heterocycles. The van der Waals surface area contributed by atoms with Gasteiger partial charge in [0.1, 0.15) is 0 Å². The zero-order chi connectivity index (χ0) is 14.9. The molecule has 4 nitrogen and oxygen atoms in total. The van der Waals surface area contributed by atoms with Crippen molar-refractivity contribution in [2.75, 3.05) is 5.73 Å². The van der Waals surface area contributed by atoms with Crippen LogP contribution in [0.5, 0.6) is 0 Å². The molecule has 2 rings (SSSR count). The quantitative estimate of drug-likeness (QED) is 0.873. The summed E-state index contributed by atoms with van der Waals surface area (Å²) in [6, 6.07) is 4.72. The summed E-state index contributed by atoms with van der Waals surface area (Å²) >= 11 is 1.69. The van der Waals surface area contributed by atoms with E-state index < -0.39 is 0 Å². The maximum atomic E-state index is 5.87. The molecule has 0 unspecified atom stereocenters. The van der Waals surface area contributed by atoms with Gasteiger partial charge in [-0.25, -0.2) is 0 Å². The van der Waals surface area contributed by atoms with Crippen LogP contribution in [-0.2, 0) is 5.75 Å². The Kier molecular flexibility index (Phi) is 4.38. The van der Waals surface area contributed by atoms with Crippen LogP contribution < -0.4 is 5.73 Å². The fourth-order valence-corrected chi connectivity index (χ4v) is 3.72. The summed E-state index contributed by atoms with van der Waals surface area (Å²) in [6.45, 7) is 10.6. The number of aryl methyl sites for hydroxylation is 3. The van der Waals surface area contributed by atoms with Crippen LogP contribution in [0.15, 0.2) is 17.3 Å². The lowest BCUT2D eigenvalue weighted by molar-refractivity contribution is 0.557. The van der Waals surface area contributed by atoms with Crippen molar-refractivity contribution < 1.29 is 0 Å². The van der Waals surface area contributed by atoms with Crippen LogP contribution in [0.25, 0.3) is 0 Å². The molecular weight excluding hydrogens is 268 g/mol. The van der Waals surface area contributed by atoms with Gasteiger partial charge < -0.3 is 5.73 Å². The second-order valence-electron chi connectivity index (χ2n) is 5.47. The van der Waals surface area contributed by atoms with E-state index >= 15 is 0 Å². The standard InChI is InChI=1S/C15H22N4S/c1-9(2)19-14(16)17-18-15(19)20-8-13-11(4)6-10(3)7-12(13)5/h6-7,9H,8H2,1-5H3,(H2,16,17). The van der Waals surface area contributed by atoms with E-state index in [1.54, 1.807) is 11.8 Å². The highest BCUT2D eigenvalue weighted by Gasteiger charge is 2.14. The third kappa shape index (κ3) is 2.98. The summed E-state index contributed by atoms with van der Waals surface area (Å²) in [4.78, 5) is 0. The van der Waals surface area contributed by atoms with Crippen molar-refractivity contribution in [1.29, 1.82) is 0 Å². The summed E-state index contributed by atoms with van der Waals surface area (Å²) in [5.41, 5.74) is 11.2. The Balaban J connectivity index is 2.22. The van der Waals surface area contributed by atoms with E-state index in [9.17, 15) is 0 Å². The van der Waals surface area contributed by atoms with Gasteiger partial charge in [-0.05, 0) is 51.3 Å². The monoisotopic (exact) mass is 290 g/mol. The molecule has 0 saturated heterocycles. The molecule has 0 aliphatic rings. The van der Waals surface area contributed by atoms with Crippen molar-refractivity contribution >= 4 is 17.7 Å². The smallest absolute Gasteiger partial charge is 0.222 e. The normalized spacial score (nSPS) is 11.3. The second kappa shape index (κ2) is 5.87. The Bertz CT molecular complexity index is 593. The number of thioether (sulfide) groups is 1. The first-order valence-electron chi connectivity index (χ1n) is 6.80. The van der Waals surface area contributed by atoms with E-state index in [2.05, 4.69) is 56.9 Å². The first-order valence-corrected chi connectivity index (χ1v) is 7.78. The van der Waals surface area contributed by atoms with Gasteiger partial charge in [0.05, 0.1) is 0 Å². The Morgan fingerprint density at radius 2 is 1.75 bits per heavy atom. The second-order valence-corrected chi connectivity index (χ2v) is 6.41. The summed E-state index contributed by atoms with van der Waals surface area (Å²) < 4.78 is 1.98. The average molecular weight is 290 g/mol. The first kappa shape index (κ1) is 14.9. The van der Waals surface area contributed by atoms with Crippen LogP contribution in [0.3, 0.4) is 0 Å². The number of benzene rings is 1. The van der Waals surface area contributed by atoms with Crippen molar-refractivity contribution in [3.8, 4) is 0 Å². The Morgan fingerprint density at radius 1 is 1.15 bits per heavy atom. The molecule has 108 valence electrons. The summed E-state index contributed by atoms with van der Waals surface area (Å²) in [7, 11) is 0. The summed E-state index contributed by atoms with van der Waals surface area (Å²) in [6.07, 6.45) is 0. The third-order valence-corrected chi connectivity index (χ3v) is 4.36. The lowest BCUT2D eigenvalue weighted by Crippen LogP contribution is -2.07. The molecule has 1 heterocycles.